The standard InChI is InChI=1S/C15H20ClNO3S/c16-14-7-11(5-6-12(14)9-21(19)20)13(8-15(17)18)10-3-1-2-4-10/h5-7,10,13H,1-4,8-9H2,(H2,17,18)(H,19,20)/t13-/m1/s1. The fourth-order valence-corrected chi connectivity index (χ4v) is 4.03. The van der Waals surface area contributed by atoms with Crippen molar-refractivity contribution >= 4 is 28.6 Å². The minimum atomic E-state index is -1.91. The fourth-order valence-electron chi connectivity index (χ4n) is 3.18. The molecule has 1 aliphatic carbocycles. The molecule has 1 saturated carbocycles. The Morgan fingerprint density at radius 3 is 2.62 bits per heavy atom. The van der Waals surface area contributed by atoms with Crippen molar-refractivity contribution in [3.8, 4) is 0 Å². The van der Waals surface area contributed by atoms with E-state index in [1.807, 2.05) is 12.1 Å². The number of hydrogen-bond acceptors (Lipinski definition) is 2. The Morgan fingerprint density at radius 2 is 2.10 bits per heavy atom. The number of primary amides is 1. The quantitative estimate of drug-likeness (QED) is 0.786. The average molecular weight is 330 g/mol. The summed E-state index contributed by atoms with van der Waals surface area (Å²) in [5.41, 5.74) is 7.03. The molecule has 0 heterocycles. The third-order valence-electron chi connectivity index (χ3n) is 4.17. The topological polar surface area (TPSA) is 80.4 Å². The molecule has 1 aliphatic rings. The zero-order valence-electron chi connectivity index (χ0n) is 11.8. The molecule has 1 fully saturated rings. The van der Waals surface area contributed by atoms with Crippen LogP contribution in [0.2, 0.25) is 5.02 Å². The normalized spacial score (nSPS) is 18.6. The fraction of sp³-hybridized carbons (Fsp3) is 0.533. The SMILES string of the molecule is NC(=O)C[C@@H](c1ccc(CS(=O)O)c(Cl)c1)C1CCCC1. The highest BCUT2D eigenvalue weighted by atomic mass is 35.5. The highest BCUT2D eigenvalue weighted by molar-refractivity contribution is 7.78. The Morgan fingerprint density at radius 1 is 1.43 bits per heavy atom. The van der Waals surface area contributed by atoms with Crippen LogP contribution in [0.4, 0.5) is 0 Å². The van der Waals surface area contributed by atoms with Crippen LogP contribution in [-0.2, 0) is 21.6 Å². The second kappa shape index (κ2) is 7.38. The summed E-state index contributed by atoms with van der Waals surface area (Å²) >= 11 is 4.29. The molecule has 0 spiro atoms. The van der Waals surface area contributed by atoms with Gasteiger partial charge in [-0.3, -0.25) is 4.79 Å². The van der Waals surface area contributed by atoms with Crippen LogP contribution in [0.3, 0.4) is 0 Å². The number of carbonyl (C=O) groups is 1. The molecule has 0 saturated heterocycles. The van der Waals surface area contributed by atoms with Gasteiger partial charge in [0.05, 0.1) is 5.75 Å². The van der Waals surface area contributed by atoms with E-state index in [0.717, 1.165) is 18.4 Å². The summed E-state index contributed by atoms with van der Waals surface area (Å²) in [4.78, 5) is 11.4. The van der Waals surface area contributed by atoms with Crippen molar-refractivity contribution in [2.45, 2.75) is 43.8 Å². The van der Waals surface area contributed by atoms with Crippen molar-refractivity contribution in [3.63, 3.8) is 0 Å². The van der Waals surface area contributed by atoms with Gasteiger partial charge < -0.3 is 10.3 Å². The zero-order chi connectivity index (χ0) is 15.4. The Balaban J connectivity index is 2.24. The first-order valence-electron chi connectivity index (χ1n) is 7.11. The Hall–Kier alpha value is -0.910. The molecule has 6 heteroatoms. The van der Waals surface area contributed by atoms with Crippen molar-refractivity contribution in [1.29, 1.82) is 0 Å². The summed E-state index contributed by atoms with van der Waals surface area (Å²) in [6.45, 7) is 0. The third-order valence-corrected chi connectivity index (χ3v) is 5.08. The highest BCUT2D eigenvalue weighted by Crippen LogP contribution is 2.40. The smallest absolute Gasteiger partial charge is 0.218 e. The van der Waals surface area contributed by atoms with Crippen molar-refractivity contribution < 1.29 is 13.6 Å². The van der Waals surface area contributed by atoms with E-state index >= 15 is 0 Å². The molecular formula is C15H20ClNO3S. The predicted molar refractivity (Wildman–Crippen MR) is 84.4 cm³/mol. The number of rotatable bonds is 6. The molecule has 4 nitrogen and oxygen atoms in total. The van der Waals surface area contributed by atoms with Gasteiger partial charge in [-0.1, -0.05) is 36.6 Å². The first-order valence-corrected chi connectivity index (χ1v) is 8.77. The average Bonchev–Trinajstić information content (AvgIpc) is 2.91. The molecule has 2 atom stereocenters. The molecule has 116 valence electrons. The Labute approximate surface area is 132 Å². The number of nitrogens with two attached hydrogens (primary N) is 1. The number of halogens is 1. The van der Waals surface area contributed by atoms with E-state index in [2.05, 4.69) is 0 Å². The van der Waals surface area contributed by atoms with Crippen LogP contribution in [0, 0.1) is 5.92 Å². The Bertz CT molecular complexity index is 544. The second-order valence-electron chi connectivity index (χ2n) is 5.64. The van der Waals surface area contributed by atoms with Gasteiger partial charge in [-0.05, 0) is 41.9 Å². The van der Waals surface area contributed by atoms with E-state index in [1.165, 1.54) is 12.8 Å². The van der Waals surface area contributed by atoms with Crippen LogP contribution in [0.15, 0.2) is 18.2 Å². The molecule has 2 rings (SSSR count). The van der Waals surface area contributed by atoms with E-state index < -0.39 is 11.1 Å². The maximum Gasteiger partial charge on any atom is 0.218 e. The molecular weight excluding hydrogens is 310 g/mol. The van der Waals surface area contributed by atoms with Gasteiger partial charge in [0.2, 0.25) is 5.91 Å². The highest BCUT2D eigenvalue weighted by Gasteiger charge is 2.28. The van der Waals surface area contributed by atoms with Crippen molar-refractivity contribution in [1.82, 2.24) is 0 Å². The van der Waals surface area contributed by atoms with Gasteiger partial charge in [-0.2, -0.15) is 0 Å². The molecule has 0 aliphatic heterocycles. The van der Waals surface area contributed by atoms with Crippen LogP contribution in [0.25, 0.3) is 0 Å². The molecule has 1 amide bonds. The summed E-state index contributed by atoms with van der Waals surface area (Å²) in [5.74, 6) is 0.273. The van der Waals surface area contributed by atoms with Gasteiger partial charge in [0.15, 0.2) is 11.1 Å². The summed E-state index contributed by atoms with van der Waals surface area (Å²) in [7, 11) is 0. The van der Waals surface area contributed by atoms with Gasteiger partial charge in [0, 0.05) is 11.4 Å². The molecule has 0 radical (unpaired) electrons. The van der Waals surface area contributed by atoms with Crippen molar-refractivity contribution in [2.24, 2.45) is 11.7 Å². The molecule has 21 heavy (non-hydrogen) atoms. The van der Waals surface area contributed by atoms with Gasteiger partial charge >= 0.3 is 0 Å². The molecule has 1 unspecified atom stereocenters. The largest absolute Gasteiger partial charge is 0.370 e. The second-order valence-corrected chi connectivity index (χ2v) is 6.98. The third kappa shape index (κ3) is 4.53. The van der Waals surface area contributed by atoms with E-state index in [-0.39, 0.29) is 17.6 Å². The van der Waals surface area contributed by atoms with Crippen molar-refractivity contribution in [2.75, 3.05) is 0 Å². The minimum Gasteiger partial charge on any atom is -0.370 e. The number of amides is 1. The lowest BCUT2D eigenvalue weighted by Gasteiger charge is -2.23. The first-order chi connectivity index (χ1) is 9.97. The first kappa shape index (κ1) is 16.5. The zero-order valence-corrected chi connectivity index (χ0v) is 13.3. The Kier molecular flexibility index (Phi) is 5.79. The van der Waals surface area contributed by atoms with E-state index in [4.69, 9.17) is 21.9 Å². The van der Waals surface area contributed by atoms with Crippen molar-refractivity contribution in [3.05, 3.63) is 34.3 Å². The summed E-state index contributed by atoms with van der Waals surface area (Å²) in [6, 6.07) is 5.49. The van der Waals surface area contributed by atoms with Crippen LogP contribution in [0.5, 0.6) is 0 Å². The van der Waals surface area contributed by atoms with E-state index in [9.17, 15) is 9.00 Å². The minimum absolute atomic E-state index is 0.0169. The van der Waals surface area contributed by atoms with Gasteiger partial charge in [0.1, 0.15) is 0 Å². The lowest BCUT2D eigenvalue weighted by Crippen LogP contribution is -2.20. The van der Waals surface area contributed by atoms with Crippen LogP contribution in [0.1, 0.15) is 49.1 Å². The lowest BCUT2D eigenvalue weighted by molar-refractivity contribution is -0.118. The van der Waals surface area contributed by atoms with Gasteiger partial charge in [-0.15, -0.1) is 0 Å². The van der Waals surface area contributed by atoms with E-state index in [0.29, 0.717) is 22.9 Å². The summed E-state index contributed by atoms with van der Waals surface area (Å²) in [6.07, 6.45) is 4.92. The summed E-state index contributed by atoms with van der Waals surface area (Å²) < 4.78 is 19.8. The number of benzene rings is 1. The summed E-state index contributed by atoms with van der Waals surface area (Å²) in [5, 5.41) is 0.474. The maximum absolute atomic E-state index is 11.4. The molecule has 3 N–H and O–H groups in total. The number of hydrogen-bond donors (Lipinski definition) is 2. The molecule has 0 aromatic heterocycles. The number of carbonyl (C=O) groups excluding carboxylic acids is 1. The molecule has 0 bridgehead atoms. The van der Waals surface area contributed by atoms with Gasteiger partial charge in [-0.25, -0.2) is 4.21 Å². The molecule has 1 aromatic rings. The predicted octanol–water partition coefficient (Wildman–Crippen LogP) is 3.21. The lowest BCUT2D eigenvalue weighted by atomic mass is 9.82. The van der Waals surface area contributed by atoms with Crippen LogP contribution >= 0.6 is 11.6 Å². The van der Waals surface area contributed by atoms with Crippen LogP contribution in [-0.4, -0.2) is 14.7 Å². The molecule has 1 aromatic carbocycles. The van der Waals surface area contributed by atoms with E-state index in [1.54, 1.807) is 6.07 Å². The monoisotopic (exact) mass is 329 g/mol. The maximum atomic E-state index is 11.4. The van der Waals surface area contributed by atoms with Gasteiger partial charge in [0.25, 0.3) is 0 Å². The van der Waals surface area contributed by atoms with Crippen LogP contribution < -0.4 is 5.73 Å².